The Labute approximate surface area is 117 Å². The second-order valence-corrected chi connectivity index (χ2v) is 7.43. The fourth-order valence-electron chi connectivity index (χ4n) is 1.80. The molecule has 1 heterocycles. The molecule has 0 amide bonds. The van der Waals surface area contributed by atoms with Crippen LogP contribution in [0.5, 0.6) is 5.75 Å². The summed E-state index contributed by atoms with van der Waals surface area (Å²) < 4.78 is 26.7. The molecule has 0 radical (unpaired) electrons. The highest BCUT2D eigenvalue weighted by Gasteiger charge is 2.25. The number of nitrogens with zero attached hydrogens (tertiary/aromatic N) is 1. The summed E-state index contributed by atoms with van der Waals surface area (Å²) in [6.45, 7) is 3.94. The van der Waals surface area contributed by atoms with Crippen LogP contribution < -0.4 is 4.31 Å². The minimum absolute atomic E-state index is 0.0495. The van der Waals surface area contributed by atoms with E-state index >= 15 is 0 Å². The van der Waals surface area contributed by atoms with Crippen molar-refractivity contribution in [1.82, 2.24) is 0 Å². The summed E-state index contributed by atoms with van der Waals surface area (Å²) in [4.78, 5) is 0.950. The molecule has 6 heteroatoms. The molecule has 0 unspecified atom stereocenters. The third-order valence-corrected chi connectivity index (χ3v) is 6.04. The Kier molecular flexibility index (Phi) is 3.82. The van der Waals surface area contributed by atoms with Crippen LogP contribution in [0.4, 0.5) is 5.69 Å². The molecule has 0 spiro atoms. The number of benzene rings is 1. The summed E-state index contributed by atoms with van der Waals surface area (Å²) in [5.41, 5.74) is 0.466. The van der Waals surface area contributed by atoms with Crippen LogP contribution in [-0.4, -0.2) is 20.1 Å². The van der Waals surface area contributed by atoms with Crippen molar-refractivity contribution in [2.75, 3.05) is 10.8 Å². The molecule has 0 saturated carbocycles. The first-order valence-corrected chi connectivity index (χ1v) is 8.09. The van der Waals surface area contributed by atoms with Crippen molar-refractivity contribution in [2.24, 2.45) is 0 Å². The molecule has 19 heavy (non-hydrogen) atoms. The standard InChI is InChI=1S/C13H15NO3S2/c1-3-14(11-5-4-6-12(15)9-11)19(16,17)13-8-7-10(2)18-13/h4-9,15H,3H2,1-2H3. The maximum Gasteiger partial charge on any atom is 0.273 e. The summed E-state index contributed by atoms with van der Waals surface area (Å²) in [7, 11) is -3.56. The lowest BCUT2D eigenvalue weighted by atomic mass is 10.3. The lowest BCUT2D eigenvalue weighted by Gasteiger charge is -2.22. The number of aromatic hydroxyl groups is 1. The molecule has 0 bridgehead atoms. The summed E-state index contributed by atoms with van der Waals surface area (Å²) in [5, 5.41) is 9.48. The Bertz CT molecular complexity index is 677. The number of phenols is 1. The monoisotopic (exact) mass is 297 g/mol. The van der Waals surface area contributed by atoms with E-state index in [2.05, 4.69) is 0 Å². The topological polar surface area (TPSA) is 57.6 Å². The van der Waals surface area contributed by atoms with Crippen molar-refractivity contribution < 1.29 is 13.5 Å². The normalized spacial score (nSPS) is 11.5. The molecule has 1 N–H and O–H groups in total. The van der Waals surface area contributed by atoms with Gasteiger partial charge in [0.25, 0.3) is 10.0 Å². The first kappa shape index (κ1) is 13.9. The van der Waals surface area contributed by atoms with Gasteiger partial charge >= 0.3 is 0 Å². The Hall–Kier alpha value is -1.53. The fourth-order valence-corrected chi connectivity index (χ4v) is 4.66. The molecule has 0 aliphatic carbocycles. The van der Waals surface area contributed by atoms with Gasteiger partial charge in [-0.3, -0.25) is 4.31 Å². The van der Waals surface area contributed by atoms with Crippen LogP contribution in [0, 0.1) is 6.92 Å². The van der Waals surface area contributed by atoms with Gasteiger partial charge in [0.1, 0.15) is 9.96 Å². The summed E-state index contributed by atoms with van der Waals surface area (Å²) in [5.74, 6) is 0.0495. The van der Waals surface area contributed by atoms with E-state index in [1.165, 1.54) is 27.8 Å². The van der Waals surface area contributed by atoms with Crippen molar-refractivity contribution in [1.29, 1.82) is 0 Å². The predicted molar refractivity (Wildman–Crippen MR) is 77.4 cm³/mol. The van der Waals surface area contributed by atoms with Gasteiger partial charge in [0.2, 0.25) is 0 Å². The number of phenolic OH excluding ortho intramolecular Hbond substituents is 1. The van der Waals surface area contributed by atoms with Crippen LogP contribution in [0.25, 0.3) is 0 Å². The smallest absolute Gasteiger partial charge is 0.273 e. The highest BCUT2D eigenvalue weighted by atomic mass is 32.2. The molecular formula is C13H15NO3S2. The molecule has 0 fully saturated rings. The predicted octanol–water partition coefficient (Wildman–Crippen LogP) is 2.98. The largest absolute Gasteiger partial charge is 0.508 e. The molecule has 0 saturated heterocycles. The van der Waals surface area contributed by atoms with E-state index < -0.39 is 10.0 Å². The molecule has 1 aromatic carbocycles. The Morgan fingerprint density at radius 2 is 2.00 bits per heavy atom. The zero-order valence-electron chi connectivity index (χ0n) is 10.7. The number of sulfonamides is 1. The molecule has 0 aliphatic heterocycles. The number of thiophene rings is 1. The van der Waals surface area contributed by atoms with Gasteiger partial charge in [-0.25, -0.2) is 8.42 Å². The van der Waals surface area contributed by atoms with Crippen LogP contribution in [-0.2, 0) is 10.0 Å². The van der Waals surface area contributed by atoms with Crippen molar-refractivity contribution in [2.45, 2.75) is 18.1 Å². The average molecular weight is 297 g/mol. The summed E-state index contributed by atoms with van der Waals surface area (Å²) in [6.07, 6.45) is 0. The maximum atomic E-state index is 12.5. The van der Waals surface area contributed by atoms with Gasteiger partial charge in [-0.15, -0.1) is 11.3 Å². The van der Waals surface area contributed by atoms with E-state index in [9.17, 15) is 13.5 Å². The van der Waals surface area contributed by atoms with Crippen LogP contribution in [0.2, 0.25) is 0 Å². The number of anilines is 1. The van der Waals surface area contributed by atoms with Crippen molar-refractivity contribution in [3.05, 3.63) is 41.3 Å². The van der Waals surface area contributed by atoms with Crippen LogP contribution in [0.3, 0.4) is 0 Å². The number of rotatable bonds is 4. The highest BCUT2D eigenvalue weighted by molar-refractivity contribution is 7.94. The van der Waals surface area contributed by atoms with Gasteiger partial charge in [0.15, 0.2) is 0 Å². The summed E-state index contributed by atoms with van der Waals surface area (Å²) in [6, 6.07) is 9.65. The van der Waals surface area contributed by atoms with Crippen LogP contribution >= 0.6 is 11.3 Å². The second kappa shape index (κ2) is 5.22. The highest BCUT2D eigenvalue weighted by Crippen LogP contribution is 2.29. The van der Waals surface area contributed by atoms with Crippen molar-refractivity contribution >= 4 is 27.0 Å². The maximum absolute atomic E-state index is 12.5. The second-order valence-electron chi connectivity index (χ2n) is 4.05. The Balaban J connectivity index is 2.47. The fraction of sp³-hybridized carbons (Fsp3) is 0.231. The molecule has 4 nitrogen and oxygen atoms in total. The van der Waals surface area contributed by atoms with E-state index in [0.717, 1.165) is 4.88 Å². The SMILES string of the molecule is CCN(c1cccc(O)c1)S(=O)(=O)c1ccc(C)s1. The third kappa shape index (κ3) is 2.74. The van der Waals surface area contributed by atoms with Gasteiger partial charge < -0.3 is 5.11 Å². The van der Waals surface area contributed by atoms with Crippen LogP contribution in [0.15, 0.2) is 40.6 Å². The third-order valence-electron chi connectivity index (χ3n) is 2.67. The van der Waals surface area contributed by atoms with Gasteiger partial charge in [-0.1, -0.05) is 6.07 Å². The van der Waals surface area contributed by atoms with Gasteiger partial charge in [-0.05, 0) is 38.1 Å². The molecule has 102 valence electrons. The molecule has 2 aromatic rings. The Morgan fingerprint density at radius 1 is 1.26 bits per heavy atom. The molecular weight excluding hydrogens is 282 g/mol. The summed E-state index contributed by atoms with van der Waals surface area (Å²) >= 11 is 1.25. The first-order valence-electron chi connectivity index (χ1n) is 5.83. The molecule has 1 aromatic heterocycles. The van der Waals surface area contributed by atoms with E-state index in [1.807, 2.05) is 6.92 Å². The van der Waals surface area contributed by atoms with E-state index in [-0.39, 0.29) is 5.75 Å². The first-order chi connectivity index (χ1) is 8.95. The number of hydrogen-bond donors (Lipinski definition) is 1. The van der Waals surface area contributed by atoms with Gasteiger partial charge in [0.05, 0.1) is 5.69 Å². The minimum atomic E-state index is -3.56. The lowest BCUT2D eigenvalue weighted by molar-refractivity contribution is 0.475. The zero-order chi connectivity index (χ0) is 14.0. The van der Waals surface area contributed by atoms with Crippen LogP contribution in [0.1, 0.15) is 11.8 Å². The van der Waals surface area contributed by atoms with Gasteiger partial charge in [-0.2, -0.15) is 0 Å². The number of aryl methyl sites for hydroxylation is 1. The Morgan fingerprint density at radius 3 is 2.53 bits per heavy atom. The molecule has 0 aliphatic rings. The van der Waals surface area contributed by atoms with E-state index in [1.54, 1.807) is 31.2 Å². The van der Waals surface area contributed by atoms with Crippen molar-refractivity contribution in [3.63, 3.8) is 0 Å². The molecule has 2 rings (SSSR count). The van der Waals surface area contributed by atoms with E-state index in [0.29, 0.717) is 16.4 Å². The molecule has 0 atom stereocenters. The van der Waals surface area contributed by atoms with E-state index in [4.69, 9.17) is 0 Å². The average Bonchev–Trinajstić information content (AvgIpc) is 2.77. The van der Waals surface area contributed by atoms with Crippen molar-refractivity contribution in [3.8, 4) is 5.75 Å². The minimum Gasteiger partial charge on any atom is -0.508 e. The quantitative estimate of drug-likeness (QED) is 0.944. The lowest BCUT2D eigenvalue weighted by Crippen LogP contribution is -2.30. The number of hydrogen-bond acceptors (Lipinski definition) is 4. The zero-order valence-corrected chi connectivity index (χ0v) is 12.3. The van der Waals surface area contributed by atoms with Gasteiger partial charge in [0, 0.05) is 17.5 Å².